The van der Waals surface area contributed by atoms with Crippen LogP contribution < -0.4 is 43.2 Å². The summed E-state index contributed by atoms with van der Waals surface area (Å²) in [7, 11) is 0. The third kappa shape index (κ3) is 23.8. The molecule has 8 amide bonds. The van der Waals surface area contributed by atoms with Gasteiger partial charge in [0.1, 0.15) is 37.2 Å². The molecule has 31 nitrogen and oxygen atoms in total. The second-order valence-corrected chi connectivity index (χ2v) is 27.0. The number of hydrogen-bond donors (Lipinski definition) is 8. The number of aryl methyl sites for hydroxylation is 1. The molecular weight excluding hydrogens is 1380 g/mol. The van der Waals surface area contributed by atoms with Gasteiger partial charge in [0, 0.05) is 54.4 Å². The van der Waals surface area contributed by atoms with Gasteiger partial charge in [0.15, 0.2) is 5.60 Å². The quantitative estimate of drug-likeness (QED) is 0.0200. The van der Waals surface area contributed by atoms with E-state index in [-0.39, 0.29) is 89.5 Å². The summed E-state index contributed by atoms with van der Waals surface area (Å²) in [5.41, 5.74) is 7.46. The number of rotatable bonds is 47. The van der Waals surface area contributed by atoms with Gasteiger partial charge in [-0.05, 0) is 111 Å². The maximum Gasteiger partial charge on any atom is 0.407 e. The molecule has 4 aromatic rings. The molecule has 1 saturated heterocycles. The average molecular weight is 1490 g/mol. The number of aromatic nitrogens is 2. The van der Waals surface area contributed by atoms with E-state index in [0.717, 1.165) is 18.6 Å². The van der Waals surface area contributed by atoms with Crippen LogP contribution in [0.25, 0.3) is 22.3 Å². The van der Waals surface area contributed by atoms with Crippen molar-refractivity contribution in [3.63, 3.8) is 0 Å². The average Bonchev–Trinajstić information content (AvgIpc) is 1.64. The van der Waals surface area contributed by atoms with Crippen LogP contribution in [0.3, 0.4) is 0 Å². The second kappa shape index (κ2) is 42.3. The Kier molecular flexibility index (Phi) is 33.2. The number of alkyl carbamates (subject to hydrolysis) is 1. The van der Waals surface area contributed by atoms with E-state index in [0.29, 0.717) is 174 Å². The number of amides is 8. The second-order valence-electron chi connectivity index (χ2n) is 27.0. The van der Waals surface area contributed by atoms with Crippen molar-refractivity contribution in [1.29, 1.82) is 0 Å². The van der Waals surface area contributed by atoms with Crippen molar-refractivity contribution >= 4 is 64.2 Å². The summed E-state index contributed by atoms with van der Waals surface area (Å²) in [6, 6.07) is 4.88. The summed E-state index contributed by atoms with van der Waals surface area (Å²) in [6.07, 6.45) is 2.00. The molecule has 106 heavy (non-hydrogen) atoms. The summed E-state index contributed by atoms with van der Waals surface area (Å²) in [6.45, 7) is 18.0. The number of cyclic esters (lactones) is 1. The van der Waals surface area contributed by atoms with Gasteiger partial charge in [-0.25, -0.2) is 23.8 Å². The molecule has 0 spiro atoms. The van der Waals surface area contributed by atoms with Gasteiger partial charge in [-0.15, -0.1) is 0 Å². The van der Waals surface area contributed by atoms with Crippen molar-refractivity contribution in [3.05, 3.63) is 91.5 Å². The lowest BCUT2D eigenvalue weighted by Gasteiger charge is -2.31. The van der Waals surface area contributed by atoms with Crippen LogP contribution in [0.5, 0.6) is 0 Å². The molecule has 584 valence electrons. The van der Waals surface area contributed by atoms with Crippen molar-refractivity contribution in [3.8, 4) is 11.4 Å². The maximum atomic E-state index is 15.5. The van der Waals surface area contributed by atoms with Crippen molar-refractivity contribution in [2.75, 3.05) is 144 Å². The van der Waals surface area contributed by atoms with Gasteiger partial charge in [0.05, 0.1) is 154 Å². The highest BCUT2D eigenvalue weighted by atomic mass is 19.1. The van der Waals surface area contributed by atoms with Gasteiger partial charge in [-0.3, -0.25) is 28.8 Å². The smallest absolute Gasteiger partial charge is 0.407 e. The number of anilines is 1. The molecule has 1 aliphatic carbocycles. The molecule has 5 heterocycles. The maximum absolute atomic E-state index is 15.5. The molecule has 0 bridgehead atoms. The predicted molar refractivity (Wildman–Crippen MR) is 383 cm³/mol. The number of carbonyl (C=O) groups is 8. The largest absolute Gasteiger partial charge is 0.458 e. The highest BCUT2D eigenvalue weighted by Crippen LogP contribution is 2.46. The molecule has 3 aliphatic heterocycles. The molecule has 4 aliphatic rings. The molecule has 5 atom stereocenters. The zero-order valence-corrected chi connectivity index (χ0v) is 61.7. The van der Waals surface area contributed by atoms with E-state index in [9.17, 15) is 48.3 Å². The van der Waals surface area contributed by atoms with E-state index < -0.39 is 101 Å². The molecule has 9 N–H and O–H groups in total. The minimum atomic E-state index is -2.05. The number of fused-ring (bicyclic) bond motifs is 5. The molecule has 32 heteroatoms. The van der Waals surface area contributed by atoms with Crippen LogP contribution in [0.15, 0.2) is 41.2 Å². The first-order valence-corrected chi connectivity index (χ1v) is 36.6. The zero-order valence-electron chi connectivity index (χ0n) is 61.7. The molecule has 1 fully saturated rings. The predicted octanol–water partition coefficient (Wildman–Crippen LogP) is 4.15. The van der Waals surface area contributed by atoms with Crippen molar-refractivity contribution in [2.45, 2.75) is 149 Å². The molecule has 0 saturated carbocycles. The summed E-state index contributed by atoms with van der Waals surface area (Å²) < 4.78 is 77.7. The van der Waals surface area contributed by atoms with E-state index in [1.165, 1.54) is 15.5 Å². The minimum Gasteiger partial charge on any atom is -0.458 e. The lowest BCUT2D eigenvalue weighted by molar-refractivity contribution is -0.172. The summed E-state index contributed by atoms with van der Waals surface area (Å²) in [4.78, 5) is 126. The Morgan fingerprint density at radius 3 is 1.91 bits per heavy atom. The number of likely N-dealkylation sites (tertiary alicyclic amines) is 1. The van der Waals surface area contributed by atoms with Gasteiger partial charge >= 0.3 is 18.1 Å². The molecule has 0 radical (unpaired) electrons. The van der Waals surface area contributed by atoms with Gasteiger partial charge in [0.2, 0.25) is 29.5 Å². The van der Waals surface area contributed by atoms with Gasteiger partial charge in [-0.1, -0.05) is 46.8 Å². The minimum absolute atomic E-state index is 0.0177. The topological polar surface area (TPSA) is 395 Å². The molecule has 8 rings (SSSR count). The highest BCUT2D eigenvalue weighted by molar-refractivity contribution is 5.99. The van der Waals surface area contributed by atoms with Crippen molar-refractivity contribution in [1.82, 2.24) is 41.0 Å². The first-order valence-electron chi connectivity index (χ1n) is 36.6. The number of ether oxygens (including phenoxy) is 11. The Hall–Kier alpha value is -8.31. The Morgan fingerprint density at radius 1 is 0.736 bits per heavy atom. The van der Waals surface area contributed by atoms with E-state index in [1.54, 1.807) is 58.0 Å². The molecule has 1 unspecified atom stereocenters. The number of nitrogens with zero attached hydrogens (tertiary/aromatic N) is 3. The number of halogens is 1. The van der Waals surface area contributed by atoms with E-state index >= 15 is 4.39 Å². The molecule has 2 aromatic heterocycles. The Bertz CT molecular complexity index is 3690. The third-order valence-electron chi connectivity index (χ3n) is 18.7. The summed E-state index contributed by atoms with van der Waals surface area (Å²) in [5, 5.41) is 28.4. The summed E-state index contributed by atoms with van der Waals surface area (Å²) in [5.74, 6) is -3.98. The molecule has 2 aromatic carbocycles. The normalized spacial score (nSPS) is 17.0. The number of pyridine rings is 2. The number of hydrogen-bond acceptors (Lipinski definition) is 22. The first kappa shape index (κ1) is 83.3. The fourth-order valence-electron chi connectivity index (χ4n) is 12.8. The summed E-state index contributed by atoms with van der Waals surface area (Å²) >= 11 is 0. The van der Waals surface area contributed by atoms with Crippen LogP contribution >= 0.6 is 0 Å². The van der Waals surface area contributed by atoms with Crippen LogP contribution in [0, 0.1) is 24.6 Å². The van der Waals surface area contributed by atoms with Crippen molar-refractivity contribution in [2.24, 2.45) is 17.6 Å². The van der Waals surface area contributed by atoms with Crippen LogP contribution in [-0.2, 0) is 113 Å². The lowest BCUT2D eigenvalue weighted by atomic mass is 9.81. The Labute approximate surface area is 616 Å². The van der Waals surface area contributed by atoms with Crippen LogP contribution in [0.2, 0.25) is 0 Å². The number of aliphatic hydroxyl groups is 1. The number of nitrogens with one attached hydrogen (secondary N) is 6. The first-order chi connectivity index (χ1) is 51.1. The number of esters is 1. The molecular formula is C74H105FN10O21. The SMILES string of the molecule is CC[C@@]1(O)C(=O)OCc2c1cc1n(c2=O)Cc2c-1nc1cc(F)c(C)c3c1c2C(NC(=O)OCc1ccc(NC(=O)[C@@H]2CCCN2C(=O)CNC(=O)[C@H](CCCNC(N)=O)NC(=O)[C@@H](NC(=O)CCOCCOCCOCCOCCOCCOCCOCCOCCOCCC(C)C)C(C)C)cc1)CC3. The van der Waals surface area contributed by atoms with Gasteiger partial charge in [0.25, 0.3) is 5.56 Å². The number of carbonyl (C=O) groups excluding carboxylic acids is 8. The standard InChI is InChI=1S/C74H105FN10O21/c1-7-74(95)54-40-60-66-52(43-85(60)70(91)53(54)45-105-71(74)92)64-56(17-16-51-48(6)55(75)41-58(80-66)63(51)64)82-73(94)106-44-49-12-14-50(15-13-49)79-68(89)59-11-9-21-84(59)62(87)42-78-67(88)57(10-8-20-77-72(76)93)81-69(90)65(47(4)5)83-61(86)19-23-97-25-27-99-29-31-101-33-35-103-37-39-104-38-36-102-34-32-100-30-28-98-26-24-96-22-18-46(2)3/h12-15,40-41,46-47,56-57,59,65,95H,7-11,16-39,42-45H2,1-6H3,(H,78,88)(H,79,89)(H,81,90)(H,82,94)(H,83,86)(H3,76,77,93)/t56?,57-,59-,65-,74-/m0/s1. The van der Waals surface area contributed by atoms with Gasteiger partial charge < -0.3 is 104 Å². The monoisotopic (exact) mass is 1490 g/mol. The Balaban J connectivity index is 0.704. The van der Waals surface area contributed by atoms with Crippen LogP contribution in [0.1, 0.15) is 131 Å². The fraction of sp³-hybridized carbons (Fsp3) is 0.622. The van der Waals surface area contributed by atoms with E-state index in [1.807, 2.05) is 0 Å². The van der Waals surface area contributed by atoms with Gasteiger partial charge in [-0.2, -0.15) is 0 Å². The van der Waals surface area contributed by atoms with Crippen molar-refractivity contribution < 1.29 is 100.0 Å². The highest BCUT2D eigenvalue weighted by Gasteiger charge is 2.46. The number of benzene rings is 2. The Morgan fingerprint density at radius 2 is 1.33 bits per heavy atom. The number of nitrogens with two attached hydrogens (primary N) is 1. The van der Waals surface area contributed by atoms with E-state index in [2.05, 4.69) is 45.7 Å². The number of primary amides is 1. The van der Waals surface area contributed by atoms with Crippen LogP contribution in [0.4, 0.5) is 19.7 Å². The van der Waals surface area contributed by atoms with Crippen LogP contribution in [-0.4, -0.2) is 224 Å². The third-order valence-corrected chi connectivity index (χ3v) is 18.7. The number of urea groups is 1. The zero-order chi connectivity index (χ0) is 76.1. The fourth-order valence-corrected chi connectivity index (χ4v) is 12.8. The van der Waals surface area contributed by atoms with E-state index in [4.69, 9.17) is 62.8 Å². The lowest BCUT2D eigenvalue weighted by Crippen LogP contribution is -2.56.